The first-order valence-corrected chi connectivity index (χ1v) is 6.48. The molecule has 0 fully saturated rings. The van der Waals surface area contributed by atoms with E-state index in [9.17, 15) is 9.67 Å². The van der Waals surface area contributed by atoms with Crippen molar-refractivity contribution in [3.05, 3.63) is 35.9 Å². The monoisotopic (exact) mass is 246 g/mol. The van der Waals surface area contributed by atoms with Crippen LogP contribution in [0.4, 0.5) is 0 Å². The second-order valence-corrected chi connectivity index (χ2v) is 5.21. The number of aliphatic hydroxyl groups is 1. The summed E-state index contributed by atoms with van der Waals surface area (Å²) in [4.78, 5) is 17.5. The SMILES string of the molecule is CC(OCc1ccccc1)C(O)P(=O)(O)O. The fourth-order valence-electron chi connectivity index (χ4n) is 1.16. The van der Waals surface area contributed by atoms with Crippen LogP contribution in [0.15, 0.2) is 30.3 Å². The Hall–Kier alpha value is -0.710. The summed E-state index contributed by atoms with van der Waals surface area (Å²) in [5.74, 6) is -1.78. The van der Waals surface area contributed by atoms with Crippen molar-refractivity contribution in [2.45, 2.75) is 25.5 Å². The molecule has 0 aliphatic heterocycles. The highest BCUT2D eigenvalue weighted by Gasteiger charge is 2.32. The molecule has 5 nitrogen and oxygen atoms in total. The average Bonchev–Trinajstić information content (AvgIpc) is 2.25. The topological polar surface area (TPSA) is 87.0 Å². The molecule has 0 aromatic heterocycles. The molecule has 0 aliphatic rings. The molecule has 16 heavy (non-hydrogen) atoms. The Morgan fingerprint density at radius 3 is 2.38 bits per heavy atom. The van der Waals surface area contributed by atoms with Crippen LogP contribution in [0.1, 0.15) is 12.5 Å². The van der Waals surface area contributed by atoms with Gasteiger partial charge in [0, 0.05) is 0 Å². The second-order valence-electron chi connectivity index (χ2n) is 3.50. The zero-order valence-corrected chi connectivity index (χ0v) is 9.75. The quantitative estimate of drug-likeness (QED) is 0.677. The molecule has 0 radical (unpaired) electrons. The van der Waals surface area contributed by atoms with Gasteiger partial charge in [-0.1, -0.05) is 30.3 Å². The van der Waals surface area contributed by atoms with Crippen molar-refractivity contribution >= 4 is 7.60 Å². The first kappa shape index (κ1) is 13.4. The standard InChI is InChI=1S/C10H15O5P/c1-8(10(11)16(12,13)14)15-7-9-5-3-2-4-6-9/h2-6,8,10-11H,7H2,1H3,(H2,12,13,14). The van der Waals surface area contributed by atoms with Gasteiger partial charge in [-0.15, -0.1) is 0 Å². The first-order chi connectivity index (χ1) is 7.41. The maximum absolute atomic E-state index is 10.7. The zero-order valence-electron chi connectivity index (χ0n) is 8.85. The molecular formula is C10H15O5P. The molecule has 3 N–H and O–H groups in total. The van der Waals surface area contributed by atoms with E-state index in [1.165, 1.54) is 6.92 Å². The molecule has 2 unspecified atom stereocenters. The van der Waals surface area contributed by atoms with Crippen LogP contribution in [0.2, 0.25) is 0 Å². The molecule has 6 heteroatoms. The summed E-state index contributed by atoms with van der Waals surface area (Å²) in [5, 5.41) is 9.24. The summed E-state index contributed by atoms with van der Waals surface area (Å²) in [6.45, 7) is 1.63. The van der Waals surface area contributed by atoms with Gasteiger partial charge in [0.25, 0.3) is 0 Å². The molecule has 2 atom stereocenters. The minimum Gasteiger partial charge on any atom is -0.378 e. The van der Waals surface area contributed by atoms with Gasteiger partial charge in [-0.2, -0.15) is 0 Å². The number of rotatable bonds is 5. The lowest BCUT2D eigenvalue weighted by Crippen LogP contribution is -2.25. The van der Waals surface area contributed by atoms with Crippen LogP contribution in [0.5, 0.6) is 0 Å². The predicted octanol–water partition coefficient (Wildman–Crippen LogP) is 1.09. The van der Waals surface area contributed by atoms with Crippen molar-refractivity contribution in [2.75, 3.05) is 0 Å². The van der Waals surface area contributed by atoms with E-state index in [4.69, 9.17) is 14.5 Å². The maximum Gasteiger partial charge on any atom is 0.356 e. The van der Waals surface area contributed by atoms with Crippen LogP contribution in [0.25, 0.3) is 0 Å². The molecule has 0 saturated carbocycles. The van der Waals surface area contributed by atoms with Gasteiger partial charge in [0.2, 0.25) is 0 Å². The first-order valence-electron chi connectivity index (χ1n) is 4.80. The molecule has 1 aromatic carbocycles. The van der Waals surface area contributed by atoms with Gasteiger partial charge in [0.05, 0.1) is 12.7 Å². The molecule has 0 saturated heterocycles. The van der Waals surface area contributed by atoms with E-state index in [2.05, 4.69) is 0 Å². The van der Waals surface area contributed by atoms with Gasteiger partial charge >= 0.3 is 7.60 Å². The van der Waals surface area contributed by atoms with E-state index in [1.807, 2.05) is 30.3 Å². The van der Waals surface area contributed by atoms with E-state index in [0.29, 0.717) is 0 Å². The summed E-state index contributed by atoms with van der Waals surface area (Å²) >= 11 is 0. The van der Waals surface area contributed by atoms with Crippen molar-refractivity contribution in [1.29, 1.82) is 0 Å². The van der Waals surface area contributed by atoms with E-state index in [0.717, 1.165) is 5.56 Å². The Kier molecular flexibility index (Phi) is 4.65. The van der Waals surface area contributed by atoms with Crippen LogP contribution >= 0.6 is 7.60 Å². The Morgan fingerprint density at radius 1 is 1.31 bits per heavy atom. The normalized spacial score (nSPS) is 15.8. The van der Waals surface area contributed by atoms with E-state index < -0.39 is 19.5 Å². The van der Waals surface area contributed by atoms with Crippen molar-refractivity contribution in [3.63, 3.8) is 0 Å². The summed E-state index contributed by atoms with van der Waals surface area (Å²) in [7, 11) is -4.50. The molecular weight excluding hydrogens is 231 g/mol. The van der Waals surface area contributed by atoms with Crippen molar-refractivity contribution < 1.29 is 24.2 Å². The van der Waals surface area contributed by atoms with Crippen LogP contribution in [0.3, 0.4) is 0 Å². The largest absolute Gasteiger partial charge is 0.378 e. The lowest BCUT2D eigenvalue weighted by molar-refractivity contribution is -0.0114. The van der Waals surface area contributed by atoms with Gasteiger partial charge in [0.15, 0.2) is 5.85 Å². The van der Waals surface area contributed by atoms with Gasteiger partial charge in [0.1, 0.15) is 0 Å². The number of hydrogen-bond donors (Lipinski definition) is 3. The molecule has 0 spiro atoms. The fourth-order valence-corrected chi connectivity index (χ4v) is 1.79. The molecule has 90 valence electrons. The van der Waals surface area contributed by atoms with Gasteiger partial charge < -0.3 is 19.6 Å². The maximum atomic E-state index is 10.7. The van der Waals surface area contributed by atoms with Gasteiger partial charge in [-0.3, -0.25) is 4.57 Å². The van der Waals surface area contributed by atoms with Crippen LogP contribution in [0, 0.1) is 0 Å². The zero-order chi connectivity index (χ0) is 12.2. The number of aliphatic hydroxyl groups excluding tert-OH is 1. The molecule has 0 amide bonds. The Balaban J connectivity index is 2.47. The summed E-state index contributed by atoms with van der Waals surface area (Å²) in [6, 6.07) is 9.19. The number of hydrogen-bond acceptors (Lipinski definition) is 3. The lowest BCUT2D eigenvalue weighted by atomic mass is 10.2. The highest BCUT2D eigenvalue weighted by molar-refractivity contribution is 7.52. The molecule has 0 aliphatic carbocycles. The summed E-state index contributed by atoms with van der Waals surface area (Å²) < 4.78 is 15.9. The third-order valence-electron chi connectivity index (χ3n) is 2.12. The minimum absolute atomic E-state index is 0.207. The third kappa shape index (κ3) is 4.04. The van der Waals surface area contributed by atoms with Crippen molar-refractivity contribution in [2.24, 2.45) is 0 Å². The summed E-state index contributed by atoms with van der Waals surface area (Å²) in [6.07, 6.45) is -0.916. The number of benzene rings is 1. The Labute approximate surface area is 93.9 Å². The van der Waals surface area contributed by atoms with Gasteiger partial charge in [-0.25, -0.2) is 0 Å². The van der Waals surface area contributed by atoms with Crippen molar-refractivity contribution in [1.82, 2.24) is 0 Å². The van der Waals surface area contributed by atoms with E-state index >= 15 is 0 Å². The van der Waals surface area contributed by atoms with E-state index in [1.54, 1.807) is 0 Å². The highest BCUT2D eigenvalue weighted by Crippen LogP contribution is 2.41. The second kappa shape index (κ2) is 5.57. The molecule has 0 bridgehead atoms. The lowest BCUT2D eigenvalue weighted by Gasteiger charge is -2.20. The fraction of sp³-hybridized carbons (Fsp3) is 0.400. The molecule has 1 rings (SSSR count). The third-order valence-corrected chi connectivity index (χ3v) is 3.23. The molecule has 1 aromatic rings. The van der Waals surface area contributed by atoms with Crippen LogP contribution in [-0.2, 0) is 15.9 Å². The smallest absolute Gasteiger partial charge is 0.356 e. The number of ether oxygens (including phenoxy) is 1. The van der Waals surface area contributed by atoms with E-state index in [-0.39, 0.29) is 6.61 Å². The predicted molar refractivity (Wildman–Crippen MR) is 58.7 cm³/mol. The highest BCUT2D eigenvalue weighted by atomic mass is 31.2. The minimum atomic E-state index is -4.50. The average molecular weight is 246 g/mol. The molecule has 0 heterocycles. The van der Waals surface area contributed by atoms with Crippen LogP contribution in [-0.4, -0.2) is 26.8 Å². The van der Waals surface area contributed by atoms with Gasteiger partial charge in [-0.05, 0) is 12.5 Å². The van der Waals surface area contributed by atoms with Crippen LogP contribution < -0.4 is 0 Å². The Bertz CT molecular complexity index is 361. The summed E-state index contributed by atoms with van der Waals surface area (Å²) in [5.41, 5.74) is 0.882. The van der Waals surface area contributed by atoms with Crippen molar-refractivity contribution in [3.8, 4) is 0 Å². The Morgan fingerprint density at radius 2 is 1.88 bits per heavy atom.